The number of halogens is 3. The third-order valence-corrected chi connectivity index (χ3v) is 3.85. The van der Waals surface area contributed by atoms with E-state index in [0.29, 0.717) is 0 Å². The molecule has 1 unspecified atom stereocenters. The summed E-state index contributed by atoms with van der Waals surface area (Å²) >= 11 is 0. The number of benzene rings is 1. The highest BCUT2D eigenvalue weighted by molar-refractivity contribution is 5.93. The lowest BCUT2D eigenvalue weighted by atomic mass is 9.82. The average Bonchev–Trinajstić information content (AvgIpc) is 2.59. The monoisotopic (exact) mass is 413 g/mol. The topological polar surface area (TPSA) is 138 Å². The molecule has 0 aliphatic carbocycles. The summed E-state index contributed by atoms with van der Waals surface area (Å²) in [6.07, 6.45) is -5.21. The van der Waals surface area contributed by atoms with Crippen molar-refractivity contribution in [2.24, 2.45) is 5.73 Å². The van der Waals surface area contributed by atoms with Crippen LogP contribution in [0.25, 0.3) is 0 Å². The maximum atomic E-state index is 12.7. The summed E-state index contributed by atoms with van der Waals surface area (Å²) in [6.45, 7) is 2.74. The first-order valence-corrected chi connectivity index (χ1v) is 8.00. The van der Waals surface area contributed by atoms with Crippen LogP contribution >= 0.6 is 0 Å². The van der Waals surface area contributed by atoms with Crippen molar-refractivity contribution in [2.75, 3.05) is 6.61 Å². The maximum Gasteiger partial charge on any atom is 0.573 e. The van der Waals surface area contributed by atoms with Crippen molar-refractivity contribution in [3.63, 3.8) is 0 Å². The fraction of sp³-hybridized carbons (Fsp3) is 0.294. The van der Waals surface area contributed by atoms with Crippen LogP contribution in [0, 0.1) is 21.4 Å². The van der Waals surface area contributed by atoms with E-state index in [4.69, 9.17) is 15.2 Å². The number of nitrogens with zero attached hydrogens (tertiary/aromatic N) is 2. The van der Waals surface area contributed by atoms with Crippen LogP contribution in [-0.2, 0) is 14.3 Å². The second-order valence-electron chi connectivity index (χ2n) is 5.61. The first-order chi connectivity index (χ1) is 13.5. The molecule has 0 aromatic heterocycles. The van der Waals surface area contributed by atoms with Crippen molar-refractivity contribution >= 4 is 11.7 Å². The predicted octanol–water partition coefficient (Wildman–Crippen LogP) is 3.14. The molecule has 154 valence electrons. The van der Waals surface area contributed by atoms with Crippen molar-refractivity contribution in [3.8, 4) is 11.8 Å². The zero-order valence-corrected chi connectivity index (χ0v) is 15.1. The number of nitro benzene ring substituents is 1. The van der Waals surface area contributed by atoms with Gasteiger partial charge in [-0.3, -0.25) is 10.1 Å². The molecule has 1 aromatic carbocycles. The highest BCUT2D eigenvalue weighted by Crippen LogP contribution is 2.46. The number of nitriles is 1. The van der Waals surface area contributed by atoms with Crippen LogP contribution in [0.1, 0.15) is 25.3 Å². The number of carbonyl (C=O) groups is 1. The van der Waals surface area contributed by atoms with Crippen LogP contribution in [0.2, 0.25) is 0 Å². The van der Waals surface area contributed by atoms with E-state index in [1.807, 2.05) is 0 Å². The Morgan fingerprint density at radius 3 is 2.62 bits per heavy atom. The molecule has 29 heavy (non-hydrogen) atoms. The first kappa shape index (κ1) is 21.5. The Labute approximate surface area is 161 Å². The number of hydrogen-bond acceptors (Lipinski definition) is 8. The number of nitro groups is 1. The molecule has 0 fully saturated rings. The van der Waals surface area contributed by atoms with Gasteiger partial charge in [0, 0.05) is 5.56 Å². The van der Waals surface area contributed by atoms with Gasteiger partial charge < -0.3 is 19.9 Å². The van der Waals surface area contributed by atoms with E-state index in [2.05, 4.69) is 4.74 Å². The van der Waals surface area contributed by atoms with Crippen molar-refractivity contribution in [1.29, 1.82) is 5.26 Å². The molecule has 1 heterocycles. The van der Waals surface area contributed by atoms with Gasteiger partial charge in [0.15, 0.2) is 0 Å². The molecular weight excluding hydrogens is 399 g/mol. The summed E-state index contributed by atoms with van der Waals surface area (Å²) in [6, 6.07) is 4.58. The van der Waals surface area contributed by atoms with Gasteiger partial charge in [-0.1, -0.05) is 12.1 Å². The number of rotatable bonds is 5. The van der Waals surface area contributed by atoms with Crippen LogP contribution in [0.15, 0.2) is 41.0 Å². The minimum absolute atomic E-state index is 0.0667. The lowest BCUT2D eigenvalue weighted by molar-refractivity contribution is -0.389. The van der Waals surface area contributed by atoms with E-state index in [1.165, 1.54) is 13.8 Å². The fourth-order valence-corrected chi connectivity index (χ4v) is 2.84. The maximum absolute atomic E-state index is 12.7. The molecule has 1 aromatic rings. The Bertz CT molecular complexity index is 962. The van der Waals surface area contributed by atoms with Gasteiger partial charge in [-0.25, -0.2) is 4.79 Å². The molecular formula is C17H14F3N3O6. The first-order valence-electron chi connectivity index (χ1n) is 8.00. The molecule has 0 radical (unpaired) electrons. The quantitative estimate of drug-likeness (QED) is 0.441. The van der Waals surface area contributed by atoms with Gasteiger partial charge in [0.05, 0.1) is 23.0 Å². The fourth-order valence-electron chi connectivity index (χ4n) is 2.84. The molecule has 0 spiro atoms. The Morgan fingerprint density at radius 2 is 2.10 bits per heavy atom. The highest BCUT2D eigenvalue weighted by atomic mass is 19.4. The number of para-hydroxylation sites is 1. The van der Waals surface area contributed by atoms with Gasteiger partial charge in [0.2, 0.25) is 11.6 Å². The molecule has 0 bridgehead atoms. The zero-order valence-electron chi connectivity index (χ0n) is 15.1. The smallest absolute Gasteiger partial charge is 0.463 e. The molecule has 12 heteroatoms. The van der Waals surface area contributed by atoms with E-state index in [-0.39, 0.29) is 17.9 Å². The van der Waals surface area contributed by atoms with E-state index >= 15 is 0 Å². The standard InChI is InChI=1S/C17H14F3N3O6/c1-3-27-16(24)12-8(2)28-15(22)10(7-21)13(12)9-5-4-6-11(14(9)23(25)26)29-17(18,19)20/h4-6,13H,3,22H2,1-2H3. The molecule has 1 atom stereocenters. The van der Waals surface area contributed by atoms with Gasteiger partial charge in [-0.15, -0.1) is 13.2 Å². The van der Waals surface area contributed by atoms with E-state index < -0.39 is 51.6 Å². The molecule has 9 nitrogen and oxygen atoms in total. The van der Waals surface area contributed by atoms with Crippen LogP contribution in [0.4, 0.5) is 18.9 Å². The van der Waals surface area contributed by atoms with E-state index in [9.17, 15) is 33.3 Å². The van der Waals surface area contributed by atoms with Crippen molar-refractivity contribution < 1.29 is 37.1 Å². The third-order valence-electron chi connectivity index (χ3n) is 3.85. The second kappa shape index (κ2) is 8.09. The number of nitrogens with two attached hydrogens (primary N) is 1. The largest absolute Gasteiger partial charge is 0.573 e. The Balaban J connectivity index is 2.81. The number of esters is 1. The average molecular weight is 413 g/mol. The molecule has 2 rings (SSSR count). The molecule has 0 amide bonds. The number of hydrogen-bond donors (Lipinski definition) is 1. The molecule has 0 saturated heterocycles. The lowest BCUT2D eigenvalue weighted by Crippen LogP contribution is -2.26. The van der Waals surface area contributed by atoms with Gasteiger partial charge >= 0.3 is 18.0 Å². The minimum atomic E-state index is -5.21. The minimum Gasteiger partial charge on any atom is -0.463 e. The normalized spacial score (nSPS) is 16.8. The van der Waals surface area contributed by atoms with Crippen LogP contribution in [-0.4, -0.2) is 23.9 Å². The van der Waals surface area contributed by atoms with Gasteiger partial charge in [-0.05, 0) is 19.9 Å². The Hall–Kier alpha value is -3.75. The molecule has 1 aliphatic rings. The highest BCUT2D eigenvalue weighted by Gasteiger charge is 2.42. The van der Waals surface area contributed by atoms with Gasteiger partial charge in [0.25, 0.3) is 0 Å². The lowest BCUT2D eigenvalue weighted by Gasteiger charge is -2.26. The molecule has 2 N–H and O–H groups in total. The summed E-state index contributed by atoms with van der Waals surface area (Å²) in [5.74, 6) is -4.12. The van der Waals surface area contributed by atoms with Crippen LogP contribution < -0.4 is 10.5 Å². The predicted molar refractivity (Wildman–Crippen MR) is 89.8 cm³/mol. The summed E-state index contributed by atoms with van der Waals surface area (Å²) in [4.78, 5) is 22.9. The number of allylic oxidation sites excluding steroid dienone is 2. The second-order valence-corrected chi connectivity index (χ2v) is 5.61. The van der Waals surface area contributed by atoms with Gasteiger partial charge in [-0.2, -0.15) is 5.26 Å². The Kier molecular flexibility index (Phi) is 6.01. The van der Waals surface area contributed by atoms with Crippen LogP contribution in [0.3, 0.4) is 0 Å². The number of ether oxygens (including phenoxy) is 3. The third kappa shape index (κ3) is 4.40. The zero-order chi connectivity index (χ0) is 21.9. The summed E-state index contributed by atoms with van der Waals surface area (Å²) < 4.78 is 51.9. The van der Waals surface area contributed by atoms with Crippen molar-refractivity contribution in [2.45, 2.75) is 26.1 Å². The van der Waals surface area contributed by atoms with Crippen molar-refractivity contribution in [3.05, 3.63) is 56.7 Å². The van der Waals surface area contributed by atoms with Gasteiger partial charge in [0.1, 0.15) is 17.4 Å². The number of carbonyl (C=O) groups excluding carboxylic acids is 1. The summed E-state index contributed by atoms with van der Waals surface area (Å²) in [5.41, 5.74) is 3.49. The number of alkyl halides is 3. The van der Waals surface area contributed by atoms with Crippen LogP contribution in [0.5, 0.6) is 5.75 Å². The SMILES string of the molecule is CCOC(=O)C1=C(C)OC(N)=C(C#N)C1c1cccc(OC(F)(F)F)c1[N+](=O)[O-]. The summed E-state index contributed by atoms with van der Waals surface area (Å²) in [7, 11) is 0. The van der Waals surface area contributed by atoms with E-state index in [0.717, 1.165) is 18.2 Å². The molecule has 1 aliphatic heterocycles. The molecule has 0 saturated carbocycles. The summed E-state index contributed by atoms with van der Waals surface area (Å²) in [5, 5.41) is 21.1. The van der Waals surface area contributed by atoms with E-state index in [1.54, 1.807) is 6.07 Å². The van der Waals surface area contributed by atoms with Crippen molar-refractivity contribution in [1.82, 2.24) is 0 Å². The Morgan fingerprint density at radius 1 is 1.45 bits per heavy atom.